The molecule has 10 nitrogen and oxygen atoms in total. The number of hydrogen-bond donors (Lipinski definition) is 4. The number of aliphatic hydroxyl groups excluding tert-OH is 1. The van der Waals surface area contributed by atoms with Crippen LogP contribution in [0, 0.1) is 0 Å². The molecule has 0 aliphatic heterocycles. The first-order valence-electron chi connectivity index (χ1n) is 14.1. The number of amides is 2. The monoisotopic (exact) mass is 573 g/mol. The van der Waals surface area contributed by atoms with E-state index < -0.39 is 35.0 Å². The Morgan fingerprint density at radius 2 is 1.67 bits per heavy atom. The number of rotatable bonds is 15. The fraction of sp³-hybridized carbons (Fsp3) is 0.344. The van der Waals surface area contributed by atoms with E-state index in [0.717, 1.165) is 32.1 Å². The SMILES string of the molecule is C=CCCCCCCOCCNC(=O)c1ccc2c(c1)C(=O)C(c1nc3ccccc3c(C(=O)NCCO)c1O)C2=O. The fourth-order valence-electron chi connectivity index (χ4n) is 4.98. The highest BCUT2D eigenvalue weighted by molar-refractivity contribution is 6.30. The Morgan fingerprint density at radius 1 is 0.929 bits per heavy atom. The molecule has 0 saturated carbocycles. The molecule has 0 fully saturated rings. The summed E-state index contributed by atoms with van der Waals surface area (Å²) in [5.74, 6) is -4.36. The third-order valence-corrected chi connectivity index (χ3v) is 7.11. The molecule has 4 N–H and O–H groups in total. The van der Waals surface area contributed by atoms with Gasteiger partial charge in [0.15, 0.2) is 17.3 Å². The van der Waals surface area contributed by atoms with E-state index in [9.17, 15) is 24.3 Å². The zero-order chi connectivity index (χ0) is 30.1. The van der Waals surface area contributed by atoms with Crippen LogP contribution in [-0.4, -0.2) is 71.5 Å². The lowest BCUT2D eigenvalue weighted by atomic mass is 9.94. The molecule has 1 atom stereocenters. The van der Waals surface area contributed by atoms with Crippen LogP contribution in [0.15, 0.2) is 55.1 Å². The Balaban J connectivity index is 1.46. The van der Waals surface area contributed by atoms with Gasteiger partial charge in [-0.3, -0.25) is 19.2 Å². The van der Waals surface area contributed by atoms with Crippen molar-refractivity contribution in [2.45, 2.75) is 38.0 Å². The van der Waals surface area contributed by atoms with Crippen LogP contribution in [0.2, 0.25) is 0 Å². The quantitative estimate of drug-likeness (QED) is 0.122. The third kappa shape index (κ3) is 6.72. The summed E-state index contributed by atoms with van der Waals surface area (Å²) in [7, 11) is 0. The molecule has 4 rings (SSSR count). The molecular weight excluding hydrogens is 538 g/mol. The number of carbonyl (C=O) groups is 4. The van der Waals surface area contributed by atoms with Crippen LogP contribution in [-0.2, 0) is 4.74 Å². The Morgan fingerprint density at radius 3 is 2.45 bits per heavy atom. The molecule has 1 aliphatic carbocycles. The molecule has 42 heavy (non-hydrogen) atoms. The van der Waals surface area contributed by atoms with Crippen LogP contribution >= 0.6 is 0 Å². The molecule has 0 bridgehead atoms. The van der Waals surface area contributed by atoms with Crippen molar-refractivity contribution < 1.29 is 34.1 Å². The van der Waals surface area contributed by atoms with E-state index in [1.54, 1.807) is 24.3 Å². The largest absolute Gasteiger partial charge is 0.505 e. The molecule has 220 valence electrons. The van der Waals surface area contributed by atoms with Gasteiger partial charge in [-0.05, 0) is 43.5 Å². The average molecular weight is 574 g/mol. The molecule has 2 amide bonds. The van der Waals surface area contributed by atoms with Crippen LogP contribution in [0.3, 0.4) is 0 Å². The fourth-order valence-corrected chi connectivity index (χ4v) is 4.98. The number of Topliss-reactive ketones (excluding diaryl/α,β-unsaturated/α-hetero) is 2. The van der Waals surface area contributed by atoms with E-state index in [-0.39, 0.29) is 47.6 Å². The minimum Gasteiger partial charge on any atom is -0.505 e. The molecule has 1 unspecified atom stereocenters. The normalized spacial score (nSPS) is 14.2. The van der Waals surface area contributed by atoms with Gasteiger partial charge in [-0.1, -0.05) is 37.1 Å². The number of allylic oxidation sites excluding steroid dienone is 1. The molecule has 10 heteroatoms. The van der Waals surface area contributed by atoms with Gasteiger partial charge in [-0.15, -0.1) is 6.58 Å². The number of fused-ring (bicyclic) bond motifs is 2. The van der Waals surface area contributed by atoms with Crippen molar-refractivity contribution >= 4 is 34.3 Å². The van der Waals surface area contributed by atoms with Gasteiger partial charge in [0.2, 0.25) is 0 Å². The molecule has 0 radical (unpaired) electrons. The number of nitrogens with zero attached hydrogens (tertiary/aromatic N) is 1. The molecule has 1 aliphatic rings. The summed E-state index contributed by atoms with van der Waals surface area (Å²) >= 11 is 0. The summed E-state index contributed by atoms with van der Waals surface area (Å²) in [5.41, 5.74) is 0.293. The molecule has 0 spiro atoms. The molecule has 1 aromatic heterocycles. The van der Waals surface area contributed by atoms with Gasteiger partial charge in [0.05, 0.1) is 24.3 Å². The minimum absolute atomic E-state index is 0.0472. The van der Waals surface area contributed by atoms with Crippen LogP contribution in [0.5, 0.6) is 5.75 Å². The highest BCUT2D eigenvalue weighted by Crippen LogP contribution is 2.40. The number of ether oxygens (including phenoxy) is 1. The molecular formula is C32H35N3O7. The third-order valence-electron chi connectivity index (χ3n) is 7.11. The molecule has 0 saturated heterocycles. The smallest absolute Gasteiger partial charge is 0.255 e. The van der Waals surface area contributed by atoms with Crippen LogP contribution in [0.25, 0.3) is 10.9 Å². The van der Waals surface area contributed by atoms with E-state index in [4.69, 9.17) is 9.84 Å². The zero-order valence-corrected chi connectivity index (χ0v) is 23.4. The van der Waals surface area contributed by atoms with Gasteiger partial charge in [0.1, 0.15) is 11.6 Å². The number of aromatic nitrogens is 1. The highest BCUT2D eigenvalue weighted by atomic mass is 16.5. The number of hydrogen-bond acceptors (Lipinski definition) is 8. The number of aliphatic hydroxyl groups is 1. The van der Waals surface area contributed by atoms with Crippen molar-refractivity contribution in [2.75, 3.05) is 32.9 Å². The summed E-state index contributed by atoms with van der Waals surface area (Å²) < 4.78 is 5.58. The maximum atomic E-state index is 13.5. The lowest BCUT2D eigenvalue weighted by Crippen LogP contribution is -2.27. The van der Waals surface area contributed by atoms with Crippen molar-refractivity contribution in [3.05, 3.63) is 83.1 Å². The van der Waals surface area contributed by atoms with Crippen LogP contribution < -0.4 is 10.6 Å². The predicted molar refractivity (Wildman–Crippen MR) is 157 cm³/mol. The van der Waals surface area contributed by atoms with Crippen LogP contribution in [0.1, 0.15) is 85.1 Å². The second-order valence-electron chi connectivity index (χ2n) is 10.00. The van der Waals surface area contributed by atoms with Gasteiger partial charge in [0, 0.05) is 41.8 Å². The average Bonchev–Trinajstić information content (AvgIpc) is 3.24. The number of nitrogens with one attached hydrogen (secondary N) is 2. The first-order valence-corrected chi connectivity index (χ1v) is 14.1. The Kier molecular flexibility index (Phi) is 10.5. The molecule has 3 aromatic rings. The van der Waals surface area contributed by atoms with E-state index >= 15 is 0 Å². The summed E-state index contributed by atoms with van der Waals surface area (Å²) in [6.07, 6.45) is 7.21. The van der Waals surface area contributed by atoms with E-state index in [2.05, 4.69) is 22.2 Å². The van der Waals surface area contributed by atoms with Crippen molar-refractivity contribution in [3.63, 3.8) is 0 Å². The van der Waals surface area contributed by atoms with Crippen LogP contribution in [0.4, 0.5) is 0 Å². The second kappa shape index (κ2) is 14.5. The van der Waals surface area contributed by atoms with Gasteiger partial charge >= 0.3 is 0 Å². The lowest BCUT2D eigenvalue weighted by Gasteiger charge is -2.15. The number of pyridine rings is 1. The lowest BCUT2D eigenvalue weighted by molar-refractivity contribution is 0.0880. The van der Waals surface area contributed by atoms with Gasteiger partial charge in [-0.25, -0.2) is 4.98 Å². The predicted octanol–water partition coefficient (Wildman–Crippen LogP) is 3.71. The van der Waals surface area contributed by atoms with Crippen molar-refractivity contribution in [3.8, 4) is 5.75 Å². The summed E-state index contributed by atoms with van der Waals surface area (Å²) in [6, 6.07) is 10.8. The van der Waals surface area contributed by atoms with Gasteiger partial charge < -0.3 is 25.6 Å². The summed E-state index contributed by atoms with van der Waals surface area (Å²) in [5, 5.41) is 25.8. The number of para-hydroxylation sites is 1. The van der Waals surface area contributed by atoms with E-state index in [0.29, 0.717) is 24.1 Å². The zero-order valence-electron chi connectivity index (χ0n) is 23.4. The van der Waals surface area contributed by atoms with Crippen molar-refractivity contribution in [1.82, 2.24) is 15.6 Å². The second-order valence-corrected chi connectivity index (χ2v) is 10.00. The molecule has 2 aromatic carbocycles. The topological polar surface area (TPSA) is 155 Å². The Labute approximate surface area is 243 Å². The number of aromatic hydroxyl groups is 1. The Bertz CT molecular complexity index is 1500. The van der Waals surface area contributed by atoms with Gasteiger partial charge in [-0.2, -0.15) is 0 Å². The number of carbonyl (C=O) groups excluding carboxylic acids is 4. The van der Waals surface area contributed by atoms with E-state index in [1.807, 2.05) is 6.08 Å². The first kappa shape index (κ1) is 30.5. The maximum absolute atomic E-state index is 13.5. The molecule has 1 heterocycles. The van der Waals surface area contributed by atoms with E-state index in [1.165, 1.54) is 18.2 Å². The number of ketones is 2. The highest BCUT2D eigenvalue weighted by Gasteiger charge is 2.43. The van der Waals surface area contributed by atoms with Crippen molar-refractivity contribution in [2.24, 2.45) is 0 Å². The number of unbranched alkanes of at least 4 members (excludes halogenated alkanes) is 4. The minimum atomic E-state index is -1.47. The summed E-state index contributed by atoms with van der Waals surface area (Å²) in [4.78, 5) is 56.9. The Hall–Kier alpha value is -4.41. The van der Waals surface area contributed by atoms with Crippen molar-refractivity contribution in [1.29, 1.82) is 0 Å². The van der Waals surface area contributed by atoms with Gasteiger partial charge in [0.25, 0.3) is 11.8 Å². The number of benzene rings is 2. The maximum Gasteiger partial charge on any atom is 0.255 e. The summed E-state index contributed by atoms with van der Waals surface area (Å²) in [6.45, 7) is 4.60. The standard InChI is InChI=1S/C32H35N3O7/c1-2-3-4-5-6-9-17-42-18-15-34-31(40)20-12-13-21-23(19-20)29(38)26(28(21)37)27-30(39)25(32(41)33-14-16-36)22-10-7-8-11-24(22)35-27/h2,7-8,10-13,19,26,36,39H,1,3-6,9,14-18H2,(H,33,41)(H,34,40). The first-order chi connectivity index (χ1) is 20.4.